The summed E-state index contributed by atoms with van der Waals surface area (Å²) in [6, 6.07) is 9.20. The second kappa shape index (κ2) is 5.39. The average molecular weight is 395 g/mol. The Balaban J connectivity index is 2.12. The van der Waals surface area contributed by atoms with Gasteiger partial charge >= 0.3 is 0 Å². The molecular weight excluding hydrogens is 385 g/mol. The lowest BCUT2D eigenvalue weighted by molar-refractivity contribution is 1.34. The van der Waals surface area contributed by atoms with Crippen LogP contribution in [0.25, 0.3) is 21.5 Å². The van der Waals surface area contributed by atoms with E-state index in [1.54, 1.807) is 0 Å². The molecule has 6 heteroatoms. The second-order valence-electron chi connectivity index (χ2n) is 5.02. The van der Waals surface area contributed by atoms with Gasteiger partial charge in [0.2, 0.25) is 0 Å². The molecule has 0 nitrogen and oxygen atoms in total. The molecule has 0 atom stereocenters. The predicted molar refractivity (Wildman–Crippen MR) is 108 cm³/mol. The van der Waals surface area contributed by atoms with Crippen LogP contribution in [0, 0.1) is 0 Å². The van der Waals surface area contributed by atoms with E-state index >= 15 is 0 Å². The zero-order chi connectivity index (χ0) is 14.8. The van der Waals surface area contributed by atoms with E-state index in [1.807, 2.05) is 66.7 Å². The SMILES string of the molecule is CSc1ccc(SC)c2c3c4c(ccc5c4c(c12)SS5)SS3. The molecule has 0 radical (unpaired) electrons. The summed E-state index contributed by atoms with van der Waals surface area (Å²) in [6.07, 6.45) is 4.38. The Morgan fingerprint density at radius 2 is 1.05 bits per heavy atom. The van der Waals surface area contributed by atoms with Crippen molar-refractivity contribution in [2.24, 2.45) is 0 Å². The molecule has 0 aromatic heterocycles. The molecule has 2 aliphatic heterocycles. The van der Waals surface area contributed by atoms with Crippen LogP contribution in [-0.2, 0) is 0 Å². The van der Waals surface area contributed by atoms with E-state index in [0.717, 1.165) is 0 Å². The van der Waals surface area contributed by atoms with Gasteiger partial charge in [-0.05, 0) is 36.8 Å². The standard InChI is InChI=1S/C16H10S6/c1-17-7-3-4-8(18-2)12-11(7)15-13-9(19-21-15)5-6-10-14(13)16(12)22-20-10/h3-6H,1-2H3. The lowest BCUT2D eigenvalue weighted by Gasteiger charge is -2.14. The highest BCUT2D eigenvalue weighted by atomic mass is 33.1. The summed E-state index contributed by atoms with van der Waals surface area (Å²) in [4.78, 5) is 8.66. The molecule has 0 bridgehead atoms. The van der Waals surface area contributed by atoms with Crippen molar-refractivity contribution in [2.75, 3.05) is 12.5 Å². The van der Waals surface area contributed by atoms with Crippen LogP contribution in [0.4, 0.5) is 0 Å². The minimum atomic E-state index is 1.41. The van der Waals surface area contributed by atoms with E-state index in [9.17, 15) is 0 Å². The molecule has 5 rings (SSSR count). The lowest BCUT2D eigenvalue weighted by atomic mass is 10.0. The minimum Gasteiger partial charge on any atom is -0.129 e. The Hall–Kier alpha value is 0.280. The topological polar surface area (TPSA) is 0 Å². The van der Waals surface area contributed by atoms with E-state index in [4.69, 9.17) is 0 Å². The van der Waals surface area contributed by atoms with E-state index in [1.165, 1.54) is 50.9 Å². The maximum Gasteiger partial charge on any atom is 0.0367 e. The molecule has 0 unspecified atom stereocenters. The second-order valence-corrected chi connectivity index (χ2v) is 11.1. The highest BCUT2D eigenvalue weighted by Gasteiger charge is 2.30. The van der Waals surface area contributed by atoms with E-state index in [-0.39, 0.29) is 0 Å². The summed E-state index contributed by atoms with van der Waals surface area (Å²) in [6.45, 7) is 0. The Labute approximate surface area is 153 Å². The van der Waals surface area contributed by atoms with Crippen molar-refractivity contribution in [1.29, 1.82) is 0 Å². The molecule has 3 aromatic carbocycles. The van der Waals surface area contributed by atoms with Gasteiger partial charge in [0, 0.05) is 50.9 Å². The van der Waals surface area contributed by atoms with Crippen molar-refractivity contribution in [3.05, 3.63) is 24.3 Å². The van der Waals surface area contributed by atoms with Gasteiger partial charge in [0.25, 0.3) is 0 Å². The zero-order valence-electron chi connectivity index (χ0n) is 11.8. The first-order chi connectivity index (χ1) is 10.8. The fourth-order valence-corrected chi connectivity index (χ4v) is 9.80. The third kappa shape index (κ3) is 1.82. The van der Waals surface area contributed by atoms with E-state index in [2.05, 4.69) is 36.8 Å². The third-order valence-electron chi connectivity index (χ3n) is 4.04. The Morgan fingerprint density at radius 3 is 1.45 bits per heavy atom. The quantitative estimate of drug-likeness (QED) is 0.247. The maximum atomic E-state index is 2.30. The summed E-state index contributed by atoms with van der Waals surface area (Å²) in [5.74, 6) is 0. The summed E-state index contributed by atoms with van der Waals surface area (Å²) in [5, 5.41) is 5.96. The van der Waals surface area contributed by atoms with Crippen molar-refractivity contribution >= 4 is 88.2 Å². The normalized spacial score (nSPS) is 15.4. The molecule has 3 aromatic rings. The molecule has 0 aliphatic carbocycles. The smallest absolute Gasteiger partial charge is 0.0367 e. The summed E-state index contributed by atoms with van der Waals surface area (Å²) < 4.78 is 0. The van der Waals surface area contributed by atoms with Crippen LogP contribution in [-0.4, -0.2) is 12.5 Å². The molecule has 22 heavy (non-hydrogen) atoms. The molecule has 0 amide bonds. The average Bonchev–Trinajstić information content (AvgIpc) is 3.16. The number of benzene rings is 3. The summed E-state index contributed by atoms with van der Waals surface area (Å²) >= 11 is 3.73. The predicted octanol–water partition coefficient (Wildman–Crippen LogP) is 7.66. The first-order valence-corrected chi connectivity index (χ1v) is 13.4. The van der Waals surface area contributed by atoms with Gasteiger partial charge in [-0.25, -0.2) is 0 Å². The van der Waals surface area contributed by atoms with Gasteiger partial charge in [-0.1, -0.05) is 43.2 Å². The molecule has 0 N–H and O–H groups in total. The van der Waals surface area contributed by atoms with Gasteiger partial charge in [-0.15, -0.1) is 23.5 Å². The van der Waals surface area contributed by atoms with Gasteiger partial charge < -0.3 is 0 Å². The Morgan fingerprint density at radius 1 is 0.591 bits per heavy atom. The molecule has 0 spiro atoms. The fraction of sp³-hybridized carbons (Fsp3) is 0.125. The van der Waals surface area contributed by atoms with Crippen LogP contribution >= 0.6 is 66.7 Å². The van der Waals surface area contributed by atoms with E-state index in [0.29, 0.717) is 0 Å². The first kappa shape index (κ1) is 14.6. The van der Waals surface area contributed by atoms with Gasteiger partial charge in [-0.2, -0.15) is 0 Å². The molecule has 2 aliphatic rings. The van der Waals surface area contributed by atoms with Crippen molar-refractivity contribution in [3.8, 4) is 0 Å². The van der Waals surface area contributed by atoms with Gasteiger partial charge in [0.15, 0.2) is 0 Å². The van der Waals surface area contributed by atoms with Crippen LogP contribution in [0.3, 0.4) is 0 Å². The minimum absolute atomic E-state index is 1.41. The number of hydrogen-bond donors (Lipinski definition) is 0. The van der Waals surface area contributed by atoms with Crippen LogP contribution in [0.15, 0.2) is 53.6 Å². The van der Waals surface area contributed by atoms with Crippen molar-refractivity contribution in [2.45, 2.75) is 29.4 Å². The number of rotatable bonds is 2. The van der Waals surface area contributed by atoms with Crippen molar-refractivity contribution in [3.63, 3.8) is 0 Å². The molecule has 110 valence electrons. The summed E-state index contributed by atoms with van der Waals surface area (Å²) in [7, 11) is 7.73. The molecule has 2 heterocycles. The van der Waals surface area contributed by atoms with Gasteiger partial charge in [0.1, 0.15) is 0 Å². The van der Waals surface area contributed by atoms with Gasteiger partial charge in [0.05, 0.1) is 0 Å². The van der Waals surface area contributed by atoms with Crippen LogP contribution in [0.1, 0.15) is 0 Å². The van der Waals surface area contributed by atoms with Crippen LogP contribution in [0.5, 0.6) is 0 Å². The van der Waals surface area contributed by atoms with Gasteiger partial charge in [-0.3, -0.25) is 0 Å². The molecular formula is C16H10S6. The summed E-state index contributed by atoms with van der Waals surface area (Å²) in [5.41, 5.74) is 0. The van der Waals surface area contributed by atoms with E-state index < -0.39 is 0 Å². The molecule has 0 fully saturated rings. The van der Waals surface area contributed by atoms with Crippen molar-refractivity contribution < 1.29 is 0 Å². The number of thioether (sulfide) groups is 2. The Bertz CT molecular complexity index is 884. The highest BCUT2D eigenvalue weighted by Crippen LogP contribution is 2.64. The third-order valence-corrected chi connectivity index (χ3v) is 10.5. The van der Waals surface area contributed by atoms with Crippen LogP contribution in [0.2, 0.25) is 0 Å². The lowest BCUT2D eigenvalue weighted by Crippen LogP contribution is -1.88. The van der Waals surface area contributed by atoms with Crippen molar-refractivity contribution in [1.82, 2.24) is 0 Å². The first-order valence-electron chi connectivity index (χ1n) is 6.70. The number of hydrogen-bond acceptors (Lipinski definition) is 6. The maximum absolute atomic E-state index is 2.30. The molecule has 0 saturated heterocycles. The monoisotopic (exact) mass is 394 g/mol. The number of fused-ring (bicyclic) bond motifs is 3. The largest absolute Gasteiger partial charge is 0.129 e. The fourth-order valence-electron chi connectivity index (χ4n) is 3.10. The van der Waals surface area contributed by atoms with Crippen LogP contribution < -0.4 is 0 Å². The molecule has 0 saturated carbocycles. The highest BCUT2D eigenvalue weighted by molar-refractivity contribution is 8.77. The Kier molecular flexibility index (Phi) is 3.58. The zero-order valence-corrected chi connectivity index (χ0v) is 16.7.